The van der Waals surface area contributed by atoms with Gasteiger partial charge in [-0.2, -0.15) is 0 Å². The Bertz CT molecular complexity index is 756. The maximum atomic E-state index is 13.9. The van der Waals surface area contributed by atoms with E-state index in [0.717, 1.165) is 44.1 Å². The normalized spacial score (nSPS) is 46.8. The van der Waals surface area contributed by atoms with E-state index in [1.807, 2.05) is 6.92 Å². The molecule has 0 aromatic carbocycles. The van der Waals surface area contributed by atoms with Crippen LogP contribution in [0.15, 0.2) is 11.6 Å². The van der Waals surface area contributed by atoms with E-state index in [1.165, 1.54) is 20.0 Å². The van der Waals surface area contributed by atoms with Crippen LogP contribution < -0.4 is 0 Å². The molecule has 0 radical (unpaired) electrons. The summed E-state index contributed by atoms with van der Waals surface area (Å²) < 4.78 is 4.87. The second kappa shape index (κ2) is 8.32. The summed E-state index contributed by atoms with van der Waals surface area (Å²) >= 11 is 0. The highest BCUT2D eigenvalue weighted by molar-refractivity contribution is 5.99. The lowest BCUT2D eigenvalue weighted by Crippen LogP contribution is -2.58. The van der Waals surface area contributed by atoms with Gasteiger partial charge in [-0.25, -0.2) is 0 Å². The standard InChI is InChI=1S/C27H42O4/c1-6-18-22-15-17(28)11-13-27(22,4)21-12-14-26(3)19(16(2)7-10-23(29)31-5)8-9-20(26)24(21)25(18)30/h6,16-17,19-22,24,28H,7-15H2,1-5H3/t16-,17-,19?,20+,21?,22+,24?,26-,27-/m1/s1. The Kier molecular flexibility index (Phi) is 6.17. The third-order valence-electron chi connectivity index (χ3n) is 10.5. The number of hydrogen-bond acceptors (Lipinski definition) is 4. The molecule has 4 fully saturated rings. The van der Waals surface area contributed by atoms with Gasteiger partial charge >= 0.3 is 5.97 Å². The van der Waals surface area contributed by atoms with Crippen molar-refractivity contribution in [3.05, 3.63) is 11.6 Å². The summed E-state index contributed by atoms with van der Waals surface area (Å²) in [5, 5.41) is 10.4. The van der Waals surface area contributed by atoms with E-state index in [0.29, 0.717) is 35.9 Å². The number of ether oxygens (including phenoxy) is 1. The zero-order chi connectivity index (χ0) is 22.6. The van der Waals surface area contributed by atoms with Gasteiger partial charge in [-0.1, -0.05) is 26.8 Å². The summed E-state index contributed by atoms with van der Waals surface area (Å²) in [5.74, 6) is 2.57. The van der Waals surface area contributed by atoms with Crippen molar-refractivity contribution in [3.63, 3.8) is 0 Å². The van der Waals surface area contributed by atoms with Crippen molar-refractivity contribution in [2.75, 3.05) is 7.11 Å². The molecule has 4 rings (SSSR count). The first kappa shape index (κ1) is 23.0. The van der Waals surface area contributed by atoms with Crippen LogP contribution in [-0.4, -0.2) is 30.1 Å². The fraction of sp³-hybridized carbons (Fsp3) is 0.852. The lowest BCUT2D eigenvalue weighted by Gasteiger charge is -2.61. The smallest absolute Gasteiger partial charge is 0.305 e. The van der Waals surface area contributed by atoms with E-state index < -0.39 is 0 Å². The van der Waals surface area contributed by atoms with Gasteiger partial charge in [-0.05, 0) is 104 Å². The van der Waals surface area contributed by atoms with Crippen molar-refractivity contribution in [3.8, 4) is 0 Å². The minimum atomic E-state index is -0.266. The summed E-state index contributed by atoms with van der Waals surface area (Å²) in [4.78, 5) is 25.6. The van der Waals surface area contributed by atoms with Crippen molar-refractivity contribution < 1.29 is 19.4 Å². The van der Waals surface area contributed by atoms with E-state index in [4.69, 9.17) is 4.74 Å². The van der Waals surface area contributed by atoms with E-state index in [9.17, 15) is 14.7 Å². The average molecular weight is 431 g/mol. The Labute approximate surface area is 188 Å². The first-order valence-electron chi connectivity index (χ1n) is 12.6. The topological polar surface area (TPSA) is 63.6 Å². The number of carbonyl (C=O) groups excluding carboxylic acids is 2. The lowest BCUT2D eigenvalue weighted by molar-refractivity contribution is -0.150. The largest absolute Gasteiger partial charge is 0.469 e. The molecule has 4 saturated carbocycles. The fourth-order valence-electron chi connectivity index (χ4n) is 8.81. The average Bonchev–Trinajstić information content (AvgIpc) is 3.10. The number of esters is 1. The molecule has 0 aliphatic heterocycles. The third kappa shape index (κ3) is 3.52. The van der Waals surface area contributed by atoms with Crippen LogP contribution in [0.4, 0.5) is 0 Å². The highest BCUT2D eigenvalue weighted by Gasteiger charge is 2.64. The Morgan fingerprint density at radius 2 is 1.84 bits per heavy atom. The van der Waals surface area contributed by atoms with E-state index in [2.05, 4.69) is 26.8 Å². The molecule has 4 aliphatic rings. The van der Waals surface area contributed by atoms with Crippen LogP contribution >= 0.6 is 0 Å². The first-order valence-corrected chi connectivity index (χ1v) is 12.6. The SMILES string of the molecule is CC=C1C(=O)C2C(CC[C@]3(C)C([C@H](C)CCC(=O)OC)CC[C@@H]23)[C@@]2(C)CC[C@@H](O)C[C@@H]12. The van der Waals surface area contributed by atoms with Crippen LogP contribution in [-0.2, 0) is 14.3 Å². The molecule has 0 heterocycles. The number of ketones is 1. The van der Waals surface area contributed by atoms with E-state index in [1.54, 1.807) is 0 Å². The molecule has 0 aromatic heterocycles. The van der Waals surface area contributed by atoms with Gasteiger partial charge in [0, 0.05) is 12.3 Å². The van der Waals surface area contributed by atoms with Crippen molar-refractivity contribution >= 4 is 11.8 Å². The number of fused-ring (bicyclic) bond motifs is 5. The van der Waals surface area contributed by atoms with Crippen molar-refractivity contribution in [1.29, 1.82) is 0 Å². The minimum absolute atomic E-state index is 0.117. The molecular formula is C27H42O4. The molecule has 0 saturated heterocycles. The predicted molar refractivity (Wildman–Crippen MR) is 121 cm³/mol. The lowest BCUT2D eigenvalue weighted by atomic mass is 9.43. The van der Waals surface area contributed by atoms with Crippen LogP contribution in [0.5, 0.6) is 0 Å². The van der Waals surface area contributed by atoms with Gasteiger partial charge in [0.25, 0.3) is 0 Å². The number of carbonyl (C=O) groups is 2. The van der Waals surface area contributed by atoms with Crippen LogP contribution in [0.1, 0.15) is 85.5 Å². The molecule has 0 bridgehead atoms. The van der Waals surface area contributed by atoms with Gasteiger partial charge in [0.1, 0.15) is 0 Å². The fourth-order valence-corrected chi connectivity index (χ4v) is 8.81. The highest BCUT2D eigenvalue weighted by atomic mass is 16.5. The van der Waals surface area contributed by atoms with Crippen LogP contribution in [0, 0.1) is 46.3 Å². The Morgan fingerprint density at radius 1 is 1.16 bits per heavy atom. The van der Waals surface area contributed by atoms with Gasteiger partial charge in [-0.15, -0.1) is 0 Å². The number of aliphatic hydroxyl groups excluding tert-OH is 1. The van der Waals surface area contributed by atoms with E-state index in [-0.39, 0.29) is 34.7 Å². The number of Topliss-reactive ketones (excluding diaryl/α,β-unsaturated/α-hetero) is 1. The molecule has 0 aromatic rings. The predicted octanol–water partition coefficient (Wildman–Crippen LogP) is 5.33. The minimum Gasteiger partial charge on any atom is -0.469 e. The number of allylic oxidation sites excluding steroid dienone is 2. The summed E-state index contributed by atoms with van der Waals surface area (Å²) in [5.41, 5.74) is 1.33. The summed E-state index contributed by atoms with van der Waals surface area (Å²) in [6.07, 6.45) is 10.4. The molecular weight excluding hydrogens is 388 g/mol. The summed E-state index contributed by atoms with van der Waals surface area (Å²) in [7, 11) is 1.47. The van der Waals surface area contributed by atoms with Crippen LogP contribution in [0.2, 0.25) is 0 Å². The van der Waals surface area contributed by atoms with Gasteiger partial charge in [0.2, 0.25) is 0 Å². The first-order chi connectivity index (χ1) is 14.7. The van der Waals surface area contributed by atoms with Gasteiger partial charge in [-0.3, -0.25) is 9.59 Å². The molecule has 4 nitrogen and oxygen atoms in total. The van der Waals surface area contributed by atoms with Gasteiger partial charge in [0.05, 0.1) is 13.2 Å². The summed E-state index contributed by atoms with van der Waals surface area (Å²) in [6.45, 7) is 9.18. The molecule has 3 unspecified atom stereocenters. The van der Waals surface area contributed by atoms with Crippen molar-refractivity contribution in [2.24, 2.45) is 46.3 Å². The molecule has 4 aliphatic carbocycles. The molecule has 9 atom stereocenters. The monoisotopic (exact) mass is 430 g/mol. The van der Waals surface area contributed by atoms with Crippen LogP contribution in [0.3, 0.4) is 0 Å². The molecule has 4 heteroatoms. The second-order valence-electron chi connectivity index (χ2n) is 11.7. The van der Waals surface area contributed by atoms with Crippen molar-refractivity contribution in [1.82, 2.24) is 0 Å². The maximum absolute atomic E-state index is 13.9. The maximum Gasteiger partial charge on any atom is 0.305 e. The second-order valence-corrected chi connectivity index (χ2v) is 11.7. The molecule has 174 valence electrons. The number of aliphatic hydroxyl groups is 1. The number of methoxy groups -OCH3 is 1. The zero-order valence-electron chi connectivity index (χ0n) is 20.2. The highest BCUT2D eigenvalue weighted by Crippen LogP contribution is 2.68. The van der Waals surface area contributed by atoms with Gasteiger partial charge in [0.15, 0.2) is 5.78 Å². The zero-order valence-corrected chi connectivity index (χ0v) is 20.2. The Morgan fingerprint density at radius 3 is 2.52 bits per heavy atom. The number of rotatable bonds is 4. The van der Waals surface area contributed by atoms with Crippen LogP contribution in [0.25, 0.3) is 0 Å². The molecule has 31 heavy (non-hydrogen) atoms. The third-order valence-corrected chi connectivity index (χ3v) is 10.5. The number of hydrogen-bond donors (Lipinski definition) is 1. The molecule has 0 spiro atoms. The van der Waals surface area contributed by atoms with Crippen molar-refractivity contribution in [2.45, 2.75) is 91.6 Å². The van der Waals surface area contributed by atoms with Gasteiger partial charge < -0.3 is 9.84 Å². The Hall–Kier alpha value is -1.16. The van der Waals surface area contributed by atoms with E-state index >= 15 is 0 Å². The Balaban J connectivity index is 1.61. The quantitative estimate of drug-likeness (QED) is 0.484. The molecule has 1 N–H and O–H groups in total. The summed E-state index contributed by atoms with van der Waals surface area (Å²) in [6, 6.07) is 0. The molecule has 0 amide bonds.